The van der Waals surface area contributed by atoms with E-state index in [0.29, 0.717) is 0 Å². The molecule has 0 aromatic heterocycles. The molecule has 9 heavy (non-hydrogen) atoms. The van der Waals surface area contributed by atoms with Gasteiger partial charge in [-0.2, -0.15) is 0 Å². The average molecular weight is 124 g/mol. The first-order valence-corrected chi connectivity index (χ1v) is 3.24. The zero-order chi connectivity index (χ0) is 6.27. The molecule has 2 heteroatoms. The summed E-state index contributed by atoms with van der Waals surface area (Å²) < 4.78 is 5.27. The first kappa shape index (κ1) is 5.18. The molecule has 2 bridgehead atoms. The fourth-order valence-electron chi connectivity index (χ4n) is 1.32. The zero-order valence-electron chi connectivity index (χ0n) is 5.04. The van der Waals surface area contributed by atoms with Crippen molar-refractivity contribution >= 4 is 5.78 Å². The maximum absolute atomic E-state index is 10.8. The predicted molar refractivity (Wildman–Crippen MR) is 32.0 cm³/mol. The molecule has 2 heterocycles. The zero-order valence-corrected chi connectivity index (χ0v) is 5.04. The van der Waals surface area contributed by atoms with Crippen LogP contribution < -0.4 is 0 Å². The summed E-state index contributed by atoms with van der Waals surface area (Å²) in [4.78, 5) is 10.8. The van der Waals surface area contributed by atoms with Crippen LogP contribution in [-0.2, 0) is 9.53 Å². The lowest BCUT2D eigenvalue weighted by Gasteiger charge is -2.11. The number of rotatable bonds is 0. The number of hydrogen-bond donors (Lipinski definition) is 0. The van der Waals surface area contributed by atoms with Crippen LogP contribution in [0.5, 0.6) is 0 Å². The van der Waals surface area contributed by atoms with Gasteiger partial charge in [0.15, 0.2) is 5.78 Å². The molecule has 1 saturated heterocycles. The molecule has 48 valence electrons. The van der Waals surface area contributed by atoms with Gasteiger partial charge in [-0.05, 0) is 18.9 Å². The number of carbonyl (C=O) groups excluding carboxylic acids is 1. The summed E-state index contributed by atoms with van der Waals surface area (Å²) in [6.07, 6.45) is 5.58. The minimum Gasteiger partial charge on any atom is -0.363 e. The van der Waals surface area contributed by atoms with Gasteiger partial charge in [-0.3, -0.25) is 4.79 Å². The number of ether oxygens (including phenoxy) is 1. The van der Waals surface area contributed by atoms with E-state index in [1.54, 1.807) is 6.08 Å². The molecule has 0 saturated carbocycles. The van der Waals surface area contributed by atoms with Gasteiger partial charge in [-0.1, -0.05) is 6.08 Å². The fraction of sp³-hybridized carbons (Fsp3) is 0.571. The lowest BCUT2D eigenvalue weighted by Crippen LogP contribution is -2.22. The monoisotopic (exact) mass is 124 g/mol. The van der Waals surface area contributed by atoms with Crippen LogP contribution in [0.4, 0.5) is 0 Å². The molecular weight excluding hydrogens is 116 g/mol. The fourth-order valence-corrected chi connectivity index (χ4v) is 1.32. The maximum atomic E-state index is 10.8. The molecule has 0 radical (unpaired) electrons. The molecule has 0 aromatic carbocycles. The molecule has 0 aromatic rings. The quantitative estimate of drug-likeness (QED) is 0.474. The number of ketones is 1. The van der Waals surface area contributed by atoms with Crippen LogP contribution in [0.3, 0.4) is 0 Å². The van der Waals surface area contributed by atoms with Gasteiger partial charge in [-0.25, -0.2) is 0 Å². The molecule has 0 aliphatic carbocycles. The Morgan fingerprint density at radius 1 is 1.56 bits per heavy atom. The normalized spacial score (nSPS) is 39.8. The Morgan fingerprint density at radius 2 is 2.44 bits per heavy atom. The van der Waals surface area contributed by atoms with Crippen molar-refractivity contribution in [3.8, 4) is 0 Å². The van der Waals surface area contributed by atoms with E-state index < -0.39 is 0 Å². The van der Waals surface area contributed by atoms with Crippen molar-refractivity contribution in [2.24, 2.45) is 0 Å². The highest BCUT2D eigenvalue weighted by Crippen LogP contribution is 2.25. The molecule has 2 nitrogen and oxygen atoms in total. The van der Waals surface area contributed by atoms with E-state index in [1.165, 1.54) is 0 Å². The van der Waals surface area contributed by atoms with Crippen LogP contribution in [0.25, 0.3) is 0 Å². The maximum Gasteiger partial charge on any atom is 0.184 e. The molecule has 2 aliphatic heterocycles. The topological polar surface area (TPSA) is 26.3 Å². The molecule has 2 rings (SSSR count). The van der Waals surface area contributed by atoms with Crippen LogP contribution in [0.1, 0.15) is 12.8 Å². The Bertz CT molecular complexity index is 172. The molecule has 0 amide bonds. The molecule has 2 aliphatic rings. The van der Waals surface area contributed by atoms with Gasteiger partial charge in [0, 0.05) is 0 Å². The summed E-state index contributed by atoms with van der Waals surface area (Å²) in [7, 11) is 0. The molecular formula is C7H8O2. The third kappa shape index (κ3) is 0.704. The second-order valence-corrected chi connectivity index (χ2v) is 2.50. The average Bonchev–Trinajstić information content (AvgIpc) is 2.25. The van der Waals surface area contributed by atoms with E-state index in [9.17, 15) is 4.79 Å². The minimum absolute atomic E-state index is 0.0972. The van der Waals surface area contributed by atoms with Gasteiger partial charge in [0.25, 0.3) is 0 Å². The number of carbonyl (C=O) groups is 1. The van der Waals surface area contributed by atoms with Crippen molar-refractivity contribution in [2.75, 3.05) is 0 Å². The largest absolute Gasteiger partial charge is 0.363 e. The molecule has 2 atom stereocenters. The first-order chi connectivity index (χ1) is 4.36. The SMILES string of the molecule is O=C1C=CC2CCC1O2. The second-order valence-electron chi connectivity index (χ2n) is 2.50. The Morgan fingerprint density at radius 3 is 3.22 bits per heavy atom. The Kier molecular flexibility index (Phi) is 0.963. The summed E-state index contributed by atoms with van der Waals surface area (Å²) >= 11 is 0. The standard InChI is InChI=1S/C7H8O2/c8-6-3-1-5-2-4-7(6)9-5/h1,3,5,7H,2,4H2. The Balaban J connectivity index is 2.29. The van der Waals surface area contributed by atoms with Crippen molar-refractivity contribution in [3.63, 3.8) is 0 Å². The first-order valence-electron chi connectivity index (χ1n) is 3.24. The summed E-state index contributed by atoms with van der Waals surface area (Å²) in [6, 6.07) is 0. The Labute approximate surface area is 53.5 Å². The van der Waals surface area contributed by atoms with Gasteiger partial charge >= 0.3 is 0 Å². The lowest BCUT2D eigenvalue weighted by atomic mass is 10.2. The van der Waals surface area contributed by atoms with Gasteiger partial charge in [-0.15, -0.1) is 0 Å². The minimum atomic E-state index is -0.0972. The molecule has 0 spiro atoms. The van der Waals surface area contributed by atoms with Crippen LogP contribution in [0.2, 0.25) is 0 Å². The van der Waals surface area contributed by atoms with E-state index in [4.69, 9.17) is 4.74 Å². The van der Waals surface area contributed by atoms with Crippen LogP contribution in [0, 0.1) is 0 Å². The molecule has 0 N–H and O–H groups in total. The highest BCUT2D eigenvalue weighted by atomic mass is 16.5. The second kappa shape index (κ2) is 1.67. The molecule has 2 unspecified atom stereocenters. The summed E-state index contributed by atoms with van der Waals surface area (Å²) in [5, 5.41) is 0. The van der Waals surface area contributed by atoms with Gasteiger partial charge in [0.05, 0.1) is 6.10 Å². The van der Waals surface area contributed by atoms with Crippen molar-refractivity contribution in [3.05, 3.63) is 12.2 Å². The van der Waals surface area contributed by atoms with Crippen LogP contribution in [-0.4, -0.2) is 18.0 Å². The van der Waals surface area contributed by atoms with Crippen molar-refractivity contribution in [1.29, 1.82) is 0 Å². The van der Waals surface area contributed by atoms with Gasteiger partial charge in [0.1, 0.15) is 6.10 Å². The third-order valence-corrected chi connectivity index (χ3v) is 1.84. The summed E-state index contributed by atoms with van der Waals surface area (Å²) in [6.45, 7) is 0. The smallest absolute Gasteiger partial charge is 0.184 e. The van der Waals surface area contributed by atoms with Gasteiger partial charge < -0.3 is 4.74 Å². The highest BCUT2D eigenvalue weighted by Gasteiger charge is 2.31. The lowest BCUT2D eigenvalue weighted by molar-refractivity contribution is -0.125. The van der Waals surface area contributed by atoms with E-state index >= 15 is 0 Å². The third-order valence-electron chi connectivity index (χ3n) is 1.84. The van der Waals surface area contributed by atoms with Crippen molar-refractivity contribution < 1.29 is 9.53 Å². The number of fused-ring (bicyclic) bond motifs is 2. The predicted octanol–water partition coefficient (Wildman–Crippen LogP) is 0.673. The Hall–Kier alpha value is -0.630. The van der Waals surface area contributed by atoms with E-state index in [0.717, 1.165) is 12.8 Å². The highest BCUT2D eigenvalue weighted by molar-refractivity contribution is 5.94. The summed E-state index contributed by atoms with van der Waals surface area (Å²) in [5.74, 6) is 0.142. The van der Waals surface area contributed by atoms with Crippen LogP contribution >= 0.6 is 0 Å². The van der Waals surface area contributed by atoms with E-state index in [-0.39, 0.29) is 18.0 Å². The van der Waals surface area contributed by atoms with E-state index in [2.05, 4.69) is 0 Å². The molecule has 1 fully saturated rings. The van der Waals surface area contributed by atoms with E-state index in [1.807, 2.05) is 6.08 Å². The van der Waals surface area contributed by atoms with Crippen LogP contribution in [0.15, 0.2) is 12.2 Å². The van der Waals surface area contributed by atoms with Gasteiger partial charge in [0.2, 0.25) is 0 Å². The van der Waals surface area contributed by atoms with Crippen molar-refractivity contribution in [2.45, 2.75) is 25.0 Å². The number of hydrogen-bond acceptors (Lipinski definition) is 2. The summed E-state index contributed by atoms with van der Waals surface area (Å²) in [5.41, 5.74) is 0. The van der Waals surface area contributed by atoms with Crippen molar-refractivity contribution in [1.82, 2.24) is 0 Å².